The summed E-state index contributed by atoms with van der Waals surface area (Å²) in [5.74, 6) is 0.831. The van der Waals surface area contributed by atoms with E-state index in [-0.39, 0.29) is 6.10 Å². The maximum atomic E-state index is 6.04. The van der Waals surface area contributed by atoms with Crippen molar-refractivity contribution in [2.24, 2.45) is 0 Å². The minimum Gasteiger partial charge on any atom is -0.488 e. The summed E-state index contributed by atoms with van der Waals surface area (Å²) < 4.78 is 6.04. The smallest absolute Gasteiger partial charge is 0.146 e. The zero-order chi connectivity index (χ0) is 14.4. The number of ether oxygens (including phenoxy) is 1. The number of nitrogens with zero attached hydrogens (tertiary/aromatic N) is 1. The average Bonchev–Trinajstić information content (AvgIpc) is 2.47. The molecule has 1 atom stereocenters. The van der Waals surface area contributed by atoms with Crippen molar-refractivity contribution in [3.63, 3.8) is 0 Å². The van der Waals surface area contributed by atoms with Gasteiger partial charge in [-0.3, -0.25) is 4.98 Å². The Morgan fingerprint density at radius 3 is 2.85 bits per heavy atom. The molecule has 0 bridgehead atoms. The first kappa shape index (κ1) is 14.6. The molecule has 2 rings (SSSR count). The number of hydrogen-bond donors (Lipinski definition) is 1. The van der Waals surface area contributed by atoms with Gasteiger partial charge >= 0.3 is 0 Å². The summed E-state index contributed by atoms with van der Waals surface area (Å²) in [5, 5.41) is 0.961. The fourth-order valence-electron chi connectivity index (χ4n) is 2.40. The highest BCUT2D eigenvalue weighted by Gasteiger charge is 2.09. The van der Waals surface area contributed by atoms with Gasteiger partial charge in [0.25, 0.3) is 0 Å². The number of rotatable bonds is 7. The number of benzene rings is 1. The Morgan fingerprint density at radius 1 is 1.20 bits per heavy atom. The first-order chi connectivity index (χ1) is 9.72. The van der Waals surface area contributed by atoms with Crippen LogP contribution in [0.25, 0.3) is 10.9 Å². The molecule has 108 valence electrons. The van der Waals surface area contributed by atoms with Crippen LogP contribution in [0.1, 0.15) is 46.0 Å². The highest BCUT2D eigenvalue weighted by molar-refractivity contribution is 5.94. The van der Waals surface area contributed by atoms with Gasteiger partial charge in [-0.2, -0.15) is 0 Å². The van der Waals surface area contributed by atoms with Crippen LogP contribution in [0.15, 0.2) is 30.5 Å². The lowest BCUT2D eigenvalue weighted by Crippen LogP contribution is -2.12. The van der Waals surface area contributed by atoms with Crippen LogP contribution in [-0.4, -0.2) is 11.1 Å². The Morgan fingerprint density at radius 2 is 2.05 bits per heavy atom. The molecule has 1 aromatic carbocycles. The molecule has 0 saturated heterocycles. The molecule has 1 unspecified atom stereocenters. The Bertz CT molecular complexity index is 554. The first-order valence-electron chi connectivity index (χ1n) is 7.52. The van der Waals surface area contributed by atoms with Crippen LogP contribution >= 0.6 is 0 Å². The van der Waals surface area contributed by atoms with Crippen molar-refractivity contribution < 1.29 is 4.74 Å². The monoisotopic (exact) mass is 272 g/mol. The number of fused-ring (bicyclic) bond motifs is 1. The van der Waals surface area contributed by atoms with Crippen molar-refractivity contribution in [1.82, 2.24) is 4.98 Å². The summed E-state index contributed by atoms with van der Waals surface area (Å²) in [5.41, 5.74) is 7.57. The minimum atomic E-state index is 0.209. The SMILES string of the molecule is CCCCCCC(C)Oc1ccc(N)c2cccnc12. The van der Waals surface area contributed by atoms with Gasteiger partial charge in [0.05, 0.1) is 6.10 Å². The highest BCUT2D eigenvalue weighted by atomic mass is 16.5. The van der Waals surface area contributed by atoms with Gasteiger partial charge in [-0.15, -0.1) is 0 Å². The van der Waals surface area contributed by atoms with E-state index in [2.05, 4.69) is 18.8 Å². The van der Waals surface area contributed by atoms with E-state index < -0.39 is 0 Å². The van der Waals surface area contributed by atoms with E-state index in [1.54, 1.807) is 6.20 Å². The van der Waals surface area contributed by atoms with Crippen molar-refractivity contribution in [2.45, 2.75) is 52.1 Å². The Kier molecular flexibility index (Phi) is 5.22. The number of nitrogens with two attached hydrogens (primary N) is 1. The van der Waals surface area contributed by atoms with Crippen LogP contribution in [0.4, 0.5) is 5.69 Å². The van der Waals surface area contributed by atoms with Crippen molar-refractivity contribution in [3.8, 4) is 5.75 Å². The summed E-state index contributed by atoms with van der Waals surface area (Å²) in [6, 6.07) is 7.70. The number of nitrogen functional groups attached to an aromatic ring is 1. The maximum Gasteiger partial charge on any atom is 0.146 e. The summed E-state index contributed by atoms with van der Waals surface area (Å²) in [6.45, 7) is 4.35. The number of aromatic nitrogens is 1. The second-order valence-corrected chi connectivity index (χ2v) is 5.33. The molecule has 1 aromatic heterocycles. The second kappa shape index (κ2) is 7.13. The second-order valence-electron chi connectivity index (χ2n) is 5.33. The molecular formula is C17H24N2O. The largest absolute Gasteiger partial charge is 0.488 e. The lowest BCUT2D eigenvalue weighted by atomic mass is 10.1. The molecule has 0 aliphatic rings. The lowest BCUT2D eigenvalue weighted by Gasteiger charge is -2.16. The van der Waals surface area contributed by atoms with E-state index in [4.69, 9.17) is 10.5 Å². The summed E-state index contributed by atoms with van der Waals surface area (Å²) >= 11 is 0. The average molecular weight is 272 g/mol. The normalized spacial score (nSPS) is 12.5. The molecule has 20 heavy (non-hydrogen) atoms. The predicted octanol–water partition coefficient (Wildman–Crippen LogP) is 4.55. The van der Waals surface area contributed by atoms with Crippen molar-refractivity contribution in [3.05, 3.63) is 30.5 Å². The van der Waals surface area contributed by atoms with Gasteiger partial charge in [0.15, 0.2) is 0 Å². The van der Waals surface area contributed by atoms with Gasteiger partial charge in [0, 0.05) is 17.3 Å². The van der Waals surface area contributed by atoms with E-state index in [9.17, 15) is 0 Å². The van der Waals surface area contributed by atoms with Gasteiger partial charge in [0.2, 0.25) is 0 Å². The Balaban J connectivity index is 2.04. The lowest BCUT2D eigenvalue weighted by molar-refractivity contribution is 0.208. The van der Waals surface area contributed by atoms with Crippen LogP contribution in [-0.2, 0) is 0 Å². The zero-order valence-corrected chi connectivity index (χ0v) is 12.4. The van der Waals surface area contributed by atoms with Crippen LogP contribution < -0.4 is 10.5 Å². The molecule has 0 saturated carbocycles. The third-order valence-corrected chi connectivity index (χ3v) is 3.56. The van der Waals surface area contributed by atoms with Crippen molar-refractivity contribution in [2.75, 3.05) is 5.73 Å². The van der Waals surface area contributed by atoms with Gasteiger partial charge in [-0.05, 0) is 44.0 Å². The van der Waals surface area contributed by atoms with E-state index in [1.807, 2.05) is 24.3 Å². The maximum absolute atomic E-state index is 6.04. The molecule has 2 aromatic rings. The van der Waals surface area contributed by atoms with Crippen molar-refractivity contribution >= 4 is 16.6 Å². The summed E-state index contributed by atoms with van der Waals surface area (Å²) in [7, 11) is 0. The van der Waals surface area contributed by atoms with Crippen LogP contribution in [0.5, 0.6) is 5.75 Å². The van der Waals surface area contributed by atoms with E-state index in [0.29, 0.717) is 0 Å². The predicted molar refractivity (Wildman–Crippen MR) is 85.0 cm³/mol. The molecule has 0 fully saturated rings. The highest BCUT2D eigenvalue weighted by Crippen LogP contribution is 2.29. The molecule has 3 heteroatoms. The standard InChI is InChI=1S/C17H24N2O/c1-3-4-5-6-8-13(2)20-16-11-10-15(18)14-9-7-12-19-17(14)16/h7,9-13H,3-6,8,18H2,1-2H3. The van der Waals surface area contributed by atoms with Crippen LogP contribution in [0.2, 0.25) is 0 Å². The minimum absolute atomic E-state index is 0.209. The molecule has 0 spiro atoms. The molecule has 1 heterocycles. The van der Waals surface area contributed by atoms with E-state index in [0.717, 1.165) is 28.8 Å². The molecule has 0 amide bonds. The number of anilines is 1. The molecule has 2 N–H and O–H groups in total. The van der Waals surface area contributed by atoms with Gasteiger partial charge < -0.3 is 10.5 Å². The van der Waals surface area contributed by atoms with Gasteiger partial charge in [0.1, 0.15) is 11.3 Å². The molecule has 0 aliphatic carbocycles. The molecule has 0 aliphatic heterocycles. The van der Waals surface area contributed by atoms with Crippen LogP contribution in [0, 0.1) is 0 Å². The first-order valence-corrected chi connectivity index (χ1v) is 7.52. The fraction of sp³-hybridized carbons (Fsp3) is 0.471. The zero-order valence-electron chi connectivity index (χ0n) is 12.4. The van der Waals surface area contributed by atoms with Gasteiger partial charge in [-0.25, -0.2) is 0 Å². The Labute approximate surface area is 121 Å². The Hall–Kier alpha value is -1.77. The third kappa shape index (κ3) is 3.62. The number of pyridine rings is 1. The van der Waals surface area contributed by atoms with Crippen LogP contribution in [0.3, 0.4) is 0 Å². The molecule has 0 radical (unpaired) electrons. The number of unbranched alkanes of at least 4 members (excludes halogenated alkanes) is 3. The summed E-state index contributed by atoms with van der Waals surface area (Å²) in [4.78, 5) is 4.40. The quantitative estimate of drug-likeness (QED) is 0.594. The topological polar surface area (TPSA) is 48.1 Å². The molecular weight excluding hydrogens is 248 g/mol. The van der Waals surface area contributed by atoms with E-state index >= 15 is 0 Å². The number of hydrogen-bond acceptors (Lipinski definition) is 3. The third-order valence-electron chi connectivity index (χ3n) is 3.56. The fourth-order valence-corrected chi connectivity index (χ4v) is 2.40. The van der Waals surface area contributed by atoms with E-state index in [1.165, 1.54) is 25.7 Å². The summed E-state index contributed by atoms with van der Waals surface area (Å²) in [6.07, 6.45) is 8.14. The molecule has 3 nitrogen and oxygen atoms in total. The van der Waals surface area contributed by atoms with Crippen molar-refractivity contribution in [1.29, 1.82) is 0 Å². The van der Waals surface area contributed by atoms with Gasteiger partial charge in [-0.1, -0.05) is 26.2 Å².